The fourth-order valence-electron chi connectivity index (χ4n) is 4.00. The summed E-state index contributed by atoms with van der Waals surface area (Å²) in [7, 11) is -3.85. The Morgan fingerprint density at radius 3 is 1.72 bits per heavy atom. The van der Waals surface area contributed by atoms with Crippen LogP contribution in [0.3, 0.4) is 0 Å². The summed E-state index contributed by atoms with van der Waals surface area (Å²) in [5.74, 6) is 0.344. The first-order chi connectivity index (χ1) is 13.5. The third-order valence-electron chi connectivity index (χ3n) is 5.53. The fraction of sp³-hybridized carbons (Fsp3) is 0.385. The molecule has 0 spiro atoms. The minimum absolute atomic E-state index is 0.0131. The molecule has 156 valence electrons. The number of hydrogen-bond donors (Lipinski definition) is 0. The van der Waals surface area contributed by atoms with E-state index in [1.54, 1.807) is 0 Å². The van der Waals surface area contributed by atoms with Gasteiger partial charge in [-0.05, 0) is 21.3 Å². The largest absolute Gasteiger partial charge is 0.407 e. The van der Waals surface area contributed by atoms with Crippen LogP contribution in [0.25, 0.3) is 0 Å². The molecule has 0 aliphatic heterocycles. The molecule has 0 aliphatic rings. The number of hydrogen-bond acceptors (Lipinski definition) is 1. The van der Waals surface area contributed by atoms with Crippen LogP contribution in [0.5, 0.6) is 0 Å². The Labute approximate surface area is 180 Å². The minimum atomic E-state index is -2.46. The third-order valence-corrected chi connectivity index (χ3v) is 12.6. The van der Waals surface area contributed by atoms with Gasteiger partial charge in [0.1, 0.15) is 0 Å². The van der Waals surface area contributed by atoms with Gasteiger partial charge in [-0.2, -0.15) is 0 Å². The van der Waals surface area contributed by atoms with Gasteiger partial charge in [0, 0.05) is 6.61 Å². The van der Waals surface area contributed by atoms with Gasteiger partial charge in [-0.1, -0.05) is 132 Å². The molecule has 0 saturated carbocycles. The van der Waals surface area contributed by atoms with Crippen molar-refractivity contribution in [1.82, 2.24) is 0 Å². The fourth-order valence-corrected chi connectivity index (χ4v) is 10.1. The van der Waals surface area contributed by atoms with E-state index >= 15 is 0 Å². The molecule has 3 heteroatoms. The number of rotatable bonds is 8. The highest BCUT2D eigenvalue weighted by atomic mass is 28.4. The normalized spacial score (nSPS) is 14.5. The third kappa shape index (κ3) is 5.47. The second kappa shape index (κ2) is 9.42. The van der Waals surface area contributed by atoms with Crippen LogP contribution in [-0.4, -0.2) is 23.0 Å². The lowest BCUT2D eigenvalue weighted by Gasteiger charge is -2.43. The Kier molecular flexibility index (Phi) is 7.66. The van der Waals surface area contributed by atoms with Crippen molar-refractivity contribution in [2.24, 2.45) is 5.92 Å². The van der Waals surface area contributed by atoms with E-state index < -0.39 is 16.4 Å². The Bertz CT molecular complexity index is 772. The molecular formula is C26H38OSi2. The standard InChI is InChI=1S/C26H38OSi2/c1-9-23(28(6,7)8)20-22(2)21-27-29(26(3,4)5,24-16-12-10-13-17-24)25-18-14-11-15-19-25/h9-20,22H,1,21H2,2-8H3/b23-20-/t22-/m1/s1. The molecule has 0 saturated heterocycles. The lowest BCUT2D eigenvalue weighted by molar-refractivity contribution is 0.267. The summed E-state index contributed by atoms with van der Waals surface area (Å²) in [6.45, 7) is 21.1. The van der Waals surface area contributed by atoms with Gasteiger partial charge in [-0.3, -0.25) is 0 Å². The molecule has 2 aromatic carbocycles. The van der Waals surface area contributed by atoms with Crippen molar-refractivity contribution in [2.75, 3.05) is 6.61 Å². The highest BCUT2D eigenvalue weighted by Gasteiger charge is 2.50. The van der Waals surface area contributed by atoms with E-state index in [0.29, 0.717) is 5.92 Å². The second-order valence-electron chi connectivity index (χ2n) is 10.0. The summed E-state index contributed by atoms with van der Waals surface area (Å²) in [4.78, 5) is 0. The van der Waals surface area contributed by atoms with Gasteiger partial charge < -0.3 is 4.43 Å². The van der Waals surface area contributed by atoms with E-state index in [-0.39, 0.29) is 5.04 Å². The van der Waals surface area contributed by atoms with Crippen molar-refractivity contribution < 1.29 is 4.43 Å². The molecule has 1 atom stereocenters. The maximum Gasteiger partial charge on any atom is 0.261 e. The summed E-state index contributed by atoms with van der Waals surface area (Å²) < 4.78 is 7.06. The van der Waals surface area contributed by atoms with Gasteiger partial charge in [-0.25, -0.2) is 0 Å². The molecule has 0 unspecified atom stereocenters. The van der Waals surface area contributed by atoms with E-state index in [1.165, 1.54) is 15.6 Å². The molecule has 0 fully saturated rings. The van der Waals surface area contributed by atoms with Crippen molar-refractivity contribution >= 4 is 26.8 Å². The van der Waals surface area contributed by atoms with Crippen molar-refractivity contribution in [1.29, 1.82) is 0 Å². The zero-order valence-electron chi connectivity index (χ0n) is 19.3. The Morgan fingerprint density at radius 2 is 1.38 bits per heavy atom. The van der Waals surface area contributed by atoms with Crippen molar-refractivity contribution in [3.63, 3.8) is 0 Å². The molecule has 0 aromatic heterocycles. The number of benzene rings is 2. The highest BCUT2D eigenvalue weighted by molar-refractivity contribution is 6.99. The Morgan fingerprint density at radius 1 is 0.931 bits per heavy atom. The quantitative estimate of drug-likeness (QED) is 0.364. The zero-order valence-corrected chi connectivity index (χ0v) is 21.3. The highest BCUT2D eigenvalue weighted by Crippen LogP contribution is 2.37. The molecule has 2 rings (SSSR count). The van der Waals surface area contributed by atoms with E-state index in [1.807, 2.05) is 6.08 Å². The van der Waals surface area contributed by atoms with Gasteiger partial charge in [0.05, 0.1) is 8.07 Å². The smallest absolute Gasteiger partial charge is 0.261 e. The van der Waals surface area contributed by atoms with Crippen LogP contribution >= 0.6 is 0 Å². The van der Waals surface area contributed by atoms with Gasteiger partial charge in [0.25, 0.3) is 8.32 Å². The van der Waals surface area contributed by atoms with E-state index in [4.69, 9.17) is 4.43 Å². The summed E-state index contributed by atoms with van der Waals surface area (Å²) >= 11 is 0. The molecule has 0 radical (unpaired) electrons. The first-order valence-corrected chi connectivity index (χ1v) is 16.0. The van der Waals surface area contributed by atoms with Crippen LogP contribution < -0.4 is 10.4 Å². The molecule has 0 heterocycles. The summed E-state index contributed by atoms with van der Waals surface area (Å²) in [6.07, 6.45) is 4.43. The molecular weight excluding hydrogens is 384 g/mol. The van der Waals surface area contributed by atoms with Crippen LogP contribution in [0.1, 0.15) is 27.7 Å². The van der Waals surface area contributed by atoms with Crippen LogP contribution in [0.15, 0.2) is 84.6 Å². The SMILES string of the molecule is C=C/C(=C/[C@@H](C)CO[Si](c1ccccc1)(c1ccccc1)C(C)(C)C)[Si](C)(C)C. The van der Waals surface area contributed by atoms with Crippen molar-refractivity contribution in [2.45, 2.75) is 52.4 Å². The first kappa shape index (κ1) is 23.6. The van der Waals surface area contributed by atoms with Crippen LogP contribution in [-0.2, 0) is 4.43 Å². The van der Waals surface area contributed by atoms with Crippen LogP contribution in [0.4, 0.5) is 0 Å². The monoisotopic (exact) mass is 422 g/mol. The predicted octanol–water partition coefficient (Wildman–Crippen LogP) is 6.19. The first-order valence-electron chi connectivity index (χ1n) is 10.6. The van der Waals surface area contributed by atoms with Crippen LogP contribution in [0.2, 0.25) is 24.7 Å². The molecule has 29 heavy (non-hydrogen) atoms. The Balaban J connectivity index is 2.49. The average molecular weight is 423 g/mol. The zero-order chi connectivity index (χ0) is 21.7. The van der Waals surface area contributed by atoms with E-state index in [2.05, 4.69) is 121 Å². The van der Waals surface area contributed by atoms with Gasteiger partial charge >= 0.3 is 0 Å². The molecule has 2 aromatic rings. The van der Waals surface area contributed by atoms with Crippen molar-refractivity contribution in [3.05, 3.63) is 84.6 Å². The average Bonchev–Trinajstić information content (AvgIpc) is 2.66. The molecule has 0 aliphatic carbocycles. The summed E-state index contributed by atoms with van der Waals surface area (Å²) in [5, 5.41) is 4.10. The van der Waals surface area contributed by atoms with E-state index in [9.17, 15) is 0 Å². The molecule has 0 amide bonds. The second-order valence-corrected chi connectivity index (χ2v) is 19.4. The summed E-state index contributed by atoms with van der Waals surface area (Å²) in [5.41, 5.74) is 0. The topological polar surface area (TPSA) is 9.23 Å². The maximum absolute atomic E-state index is 7.06. The molecule has 0 N–H and O–H groups in total. The van der Waals surface area contributed by atoms with Gasteiger partial charge in [-0.15, -0.1) is 0 Å². The summed E-state index contributed by atoms with van der Waals surface area (Å²) in [6, 6.07) is 21.7. The molecule has 1 nitrogen and oxygen atoms in total. The Hall–Kier alpha value is -1.69. The minimum Gasteiger partial charge on any atom is -0.407 e. The maximum atomic E-state index is 7.06. The van der Waals surface area contributed by atoms with Gasteiger partial charge in [0.2, 0.25) is 0 Å². The lowest BCUT2D eigenvalue weighted by Crippen LogP contribution is -2.66. The lowest BCUT2D eigenvalue weighted by atomic mass is 10.2. The van der Waals surface area contributed by atoms with Gasteiger partial charge in [0.15, 0.2) is 0 Å². The predicted molar refractivity (Wildman–Crippen MR) is 134 cm³/mol. The van der Waals surface area contributed by atoms with Crippen molar-refractivity contribution in [3.8, 4) is 0 Å². The van der Waals surface area contributed by atoms with Crippen LogP contribution in [0, 0.1) is 5.92 Å². The number of allylic oxidation sites excluding steroid dienone is 2. The molecule has 0 bridgehead atoms. The van der Waals surface area contributed by atoms with E-state index in [0.717, 1.165) is 6.61 Å².